The van der Waals surface area contributed by atoms with Crippen LogP contribution in [-0.2, 0) is 20.7 Å². The van der Waals surface area contributed by atoms with E-state index in [1.165, 1.54) is 0 Å². The van der Waals surface area contributed by atoms with Crippen molar-refractivity contribution in [2.45, 2.75) is 18.0 Å². The largest absolute Gasteiger partial charge is 0.321 e. The van der Waals surface area contributed by atoms with Crippen LogP contribution in [0, 0.1) is 0 Å². The molecule has 2 aliphatic rings. The fourth-order valence-electron chi connectivity index (χ4n) is 4.69. The summed E-state index contributed by atoms with van der Waals surface area (Å²) in [5.74, 6) is -0.950. The first kappa shape index (κ1) is 15.8. The van der Waals surface area contributed by atoms with Crippen LogP contribution in [0.15, 0.2) is 84.9 Å². The molecule has 27 heavy (non-hydrogen) atoms. The number of anilines is 2. The first-order valence-corrected chi connectivity index (χ1v) is 8.98. The molecule has 5 rings (SSSR count). The van der Waals surface area contributed by atoms with E-state index in [0.29, 0.717) is 0 Å². The van der Waals surface area contributed by atoms with Crippen molar-refractivity contribution in [3.05, 3.63) is 96.1 Å². The number of carbonyl (C=O) groups excluding carboxylic acids is 2. The Morgan fingerprint density at radius 1 is 0.778 bits per heavy atom. The number of nitrogens with zero attached hydrogens (tertiary/aromatic N) is 1. The van der Waals surface area contributed by atoms with Gasteiger partial charge in [-0.3, -0.25) is 9.59 Å². The molecule has 132 valence electrons. The molecule has 1 saturated heterocycles. The Bertz CT molecular complexity index is 1060. The van der Waals surface area contributed by atoms with Crippen LogP contribution < -0.4 is 10.2 Å². The van der Waals surface area contributed by atoms with Gasteiger partial charge in [0.1, 0.15) is 5.41 Å². The third kappa shape index (κ3) is 1.77. The van der Waals surface area contributed by atoms with E-state index in [1.807, 2.05) is 91.9 Å². The van der Waals surface area contributed by atoms with Crippen LogP contribution >= 0.6 is 0 Å². The van der Waals surface area contributed by atoms with Crippen molar-refractivity contribution >= 4 is 23.1 Å². The lowest BCUT2D eigenvalue weighted by atomic mass is 9.70. The lowest BCUT2D eigenvalue weighted by Crippen LogP contribution is -2.57. The molecule has 0 bridgehead atoms. The van der Waals surface area contributed by atoms with Crippen molar-refractivity contribution in [2.24, 2.45) is 0 Å². The topological polar surface area (TPSA) is 49.4 Å². The zero-order chi connectivity index (χ0) is 18.6. The third-order valence-corrected chi connectivity index (χ3v) is 5.90. The van der Waals surface area contributed by atoms with Gasteiger partial charge in [-0.25, -0.2) is 0 Å². The molecule has 2 heterocycles. The maximum atomic E-state index is 13.2. The monoisotopic (exact) mass is 354 g/mol. The quantitative estimate of drug-likeness (QED) is 0.715. The number of Topliss-reactive ketones (excluding diaryl/α,β-unsaturated/α-hetero) is 1. The zero-order valence-electron chi connectivity index (χ0n) is 14.8. The third-order valence-electron chi connectivity index (χ3n) is 5.90. The maximum absolute atomic E-state index is 13.2. The van der Waals surface area contributed by atoms with Crippen LogP contribution in [0.3, 0.4) is 0 Å². The predicted molar refractivity (Wildman–Crippen MR) is 104 cm³/mol. The van der Waals surface area contributed by atoms with Gasteiger partial charge < -0.3 is 10.2 Å². The molecule has 0 spiro atoms. The number of amides is 1. The normalized spacial score (nSPS) is 25.9. The van der Waals surface area contributed by atoms with Crippen molar-refractivity contribution in [1.29, 1.82) is 0 Å². The van der Waals surface area contributed by atoms with Gasteiger partial charge in [-0.1, -0.05) is 66.7 Å². The molecule has 0 aliphatic carbocycles. The summed E-state index contributed by atoms with van der Waals surface area (Å²) in [5, 5.41) is 3.07. The van der Waals surface area contributed by atoms with E-state index in [0.717, 1.165) is 22.5 Å². The van der Waals surface area contributed by atoms with E-state index in [-0.39, 0.29) is 0 Å². The van der Waals surface area contributed by atoms with Crippen LogP contribution in [-0.4, -0.2) is 11.7 Å². The van der Waals surface area contributed by atoms with Gasteiger partial charge in [-0.05, 0) is 36.2 Å². The zero-order valence-corrected chi connectivity index (χ0v) is 14.8. The minimum Gasteiger partial charge on any atom is -0.321 e. The SMILES string of the molecule is CC12C(=O)C(=O)NC1(c1ccccc1)N(c1ccccc1)c1ccccc12. The number of ketones is 1. The van der Waals surface area contributed by atoms with E-state index in [2.05, 4.69) is 10.2 Å². The summed E-state index contributed by atoms with van der Waals surface area (Å²) in [7, 11) is 0. The molecule has 1 fully saturated rings. The number of hydrogen-bond donors (Lipinski definition) is 1. The number of rotatable bonds is 2. The van der Waals surface area contributed by atoms with Gasteiger partial charge in [0.2, 0.25) is 5.78 Å². The standard InChI is InChI=1S/C23H18N2O2/c1-22-18-14-8-9-15-19(18)25(17-12-6-3-7-13-17)23(22,24-21(27)20(22)26)16-10-4-2-5-11-16/h2-15H,1H3,(H,24,27). The number of benzene rings is 3. The Balaban J connectivity index is 1.92. The molecule has 0 aromatic heterocycles. The fraction of sp³-hybridized carbons (Fsp3) is 0.130. The van der Waals surface area contributed by atoms with Gasteiger partial charge >= 0.3 is 0 Å². The highest BCUT2D eigenvalue weighted by atomic mass is 16.2. The fourth-order valence-corrected chi connectivity index (χ4v) is 4.69. The molecular weight excluding hydrogens is 336 g/mol. The van der Waals surface area contributed by atoms with Crippen molar-refractivity contribution in [3.8, 4) is 0 Å². The summed E-state index contributed by atoms with van der Waals surface area (Å²) >= 11 is 0. The molecule has 4 heteroatoms. The summed E-state index contributed by atoms with van der Waals surface area (Å²) in [4.78, 5) is 28.0. The van der Waals surface area contributed by atoms with Gasteiger partial charge in [-0.15, -0.1) is 0 Å². The molecule has 1 N–H and O–H groups in total. The molecule has 3 aromatic rings. The Kier molecular flexibility index (Phi) is 3.11. The average molecular weight is 354 g/mol. The molecule has 2 atom stereocenters. The lowest BCUT2D eigenvalue weighted by molar-refractivity contribution is -0.137. The van der Waals surface area contributed by atoms with Gasteiger partial charge in [0.05, 0.1) is 0 Å². The van der Waals surface area contributed by atoms with E-state index < -0.39 is 22.8 Å². The Morgan fingerprint density at radius 2 is 1.37 bits per heavy atom. The molecule has 3 aromatic carbocycles. The summed E-state index contributed by atoms with van der Waals surface area (Å²) in [6.07, 6.45) is 0. The molecule has 2 unspecified atom stereocenters. The number of para-hydroxylation sites is 2. The van der Waals surface area contributed by atoms with Crippen molar-refractivity contribution in [1.82, 2.24) is 5.32 Å². The first-order valence-electron chi connectivity index (χ1n) is 8.98. The number of fused-ring (bicyclic) bond motifs is 3. The van der Waals surface area contributed by atoms with E-state index in [9.17, 15) is 9.59 Å². The highest BCUT2D eigenvalue weighted by Gasteiger charge is 2.71. The van der Waals surface area contributed by atoms with Gasteiger partial charge in [0.25, 0.3) is 5.91 Å². The Morgan fingerprint density at radius 3 is 2.07 bits per heavy atom. The summed E-state index contributed by atoms with van der Waals surface area (Å²) in [5.41, 5.74) is 1.56. The molecule has 0 saturated carbocycles. The lowest BCUT2D eigenvalue weighted by Gasteiger charge is -2.43. The molecule has 4 nitrogen and oxygen atoms in total. The van der Waals surface area contributed by atoms with Crippen molar-refractivity contribution in [3.63, 3.8) is 0 Å². The molecule has 2 aliphatic heterocycles. The van der Waals surface area contributed by atoms with Crippen molar-refractivity contribution < 1.29 is 9.59 Å². The Labute approximate surface area is 157 Å². The minimum atomic E-state index is -1.03. The van der Waals surface area contributed by atoms with Crippen LogP contribution in [0.5, 0.6) is 0 Å². The second kappa shape index (κ2) is 5.30. The second-order valence-corrected chi connectivity index (χ2v) is 7.17. The second-order valence-electron chi connectivity index (χ2n) is 7.17. The average Bonchev–Trinajstić information content (AvgIpc) is 3.07. The van der Waals surface area contributed by atoms with E-state index in [1.54, 1.807) is 0 Å². The maximum Gasteiger partial charge on any atom is 0.290 e. The Hall–Kier alpha value is -3.40. The van der Waals surface area contributed by atoms with Crippen LogP contribution in [0.1, 0.15) is 18.1 Å². The van der Waals surface area contributed by atoms with Gasteiger partial charge in [0.15, 0.2) is 5.66 Å². The summed E-state index contributed by atoms with van der Waals surface area (Å²) in [6.45, 7) is 1.88. The van der Waals surface area contributed by atoms with E-state index in [4.69, 9.17) is 0 Å². The van der Waals surface area contributed by atoms with Crippen LogP contribution in [0.4, 0.5) is 11.4 Å². The highest BCUT2D eigenvalue weighted by molar-refractivity contribution is 6.43. The highest BCUT2D eigenvalue weighted by Crippen LogP contribution is 2.60. The van der Waals surface area contributed by atoms with E-state index >= 15 is 0 Å². The molecular formula is C23H18N2O2. The van der Waals surface area contributed by atoms with Gasteiger partial charge in [0, 0.05) is 11.4 Å². The molecule has 0 radical (unpaired) electrons. The van der Waals surface area contributed by atoms with Crippen LogP contribution in [0.25, 0.3) is 0 Å². The smallest absolute Gasteiger partial charge is 0.290 e. The minimum absolute atomic E-state index is 0.405. The number of hydrogen-bond acceptors (Lipinski definition) is 3. The summed E-state index contributed by atoms with van der Waals surface area (Å²) < 4.78 is 0. The number of carbonyl (C=O) groups is 2. The first-order chi connectivity index (χ1) is 13.1. The van der Waals surface area contributed by atoms with Gasteiger partial charge in [-0.2, -0.15) is 0 Å². The summed E-state index contributed by atoms with van der Waals surface area (Å²) in [6, 6.07) is 27.5. The van der Waals surface area contributed by atoms with Crippen molar-refractivity contribution in [2.75, 3.05) is 4.90 Å². The number of nitrogens with one attached hydrogen (secondary N) is 1. The predicted octanol–water partition coefficient (Wildman–Crippen LogP) is 3.65. The molecule has 1 amide bonds. The van der Waals surface area contributed by atoms with Crippen LogP contribution in [0.2, 0.25) is 0 Å².